The van der Waals surface area contributed by atoms with Gasteiger partial charge in [-0.15, -0.1) is 4.99 Å². The molecule has 0 aliphatic rings. The van der Waals surface area contributed by atoms with Crippen molar-refractivity contribution in [1.82, 2.24) is 0 Å². The van der Waals surface area contributed by atoms with Crippen LogP contribution in [0.2, 0.25) is 0 Å². The maximum atomic E-state index is 5.31. The van der Waals surface area contributed by atoms with Gasteiger partial charge in [0.05, 0.1) is 6.61 Å². The lowest BCUT2D eigenvalue weighted by molar-refractivity contribution is -0.299. The van der Waals surface area contributed by atoms with Crippen molar-refractivity contribution in [2.45, 2.75) is 25.7 Å². The summed E-state index contributed by atoms with van der Waals surface area (Å²) in [6, 6.07) is 0. The van der Waals surface area contributed by atoms with Crippen molar-refractivity contribution in [2.24, 2.45) is 11.6 Å². The molecule has 0 atom stereocenters. The zero-order valence-corrected chi connectivity index (χ0v) is 7.37. The van der Waals surface area contributed by atoms with E-state index in [1.807, 2.05) is 0 Å². The van der Waals surface area contributed by atoms with Crippen molar-refractivity contribution in [3.8, 4) is 0 Å². The number of hydrogen-bond acceptors (Lipinski definition) is 4. The number of allylic oxidation sites excluding steroid dienone is 1. The van der Waals surface area contributed by atoms with Gasteiger partial charge in [0.2, 0.25) is 0 Å². The molecule has 0 bridgehead atoms. The minimum absolute atomic E-state index is 0.557. The molecule has 0 aromatic rings. The second-order valence-electron chi connectivity index (χ2n) is 2.46. The van der Waals surface area contributed by atoms with Gasteiger partial charge in [-0.1, -0.05) is 12.2 Å². The van der Waals surface area contributed by atoms with Crippen LogP contribution in [0.1, 0.15) is 25.7 Å². The van der Waals surface area contributed by atoms with E-state index < -0.39 is 0 Å². The second-order valence-corrected chi connectivity index (χ2v) is 2.46. The lowest BCUT2D eigenvalue weighted by atomic mass is 10.2. The fourth-order valence-electron chi connectivity index (χ4n) is 0.803. The van der Waals surface area contributed by atoms with Crippen molar-refractivity contribution in [3.05, 3.63) is 12.2 Å². The smallest absolute Gasteiger partial charge is 0.0842 e. The standard InChI is InChI=1S/C8H18N2O2/c9-7-5-3-1-2-4-6-8-11-12-10/h1,3H,2,4-10H2. The molecule has 12 heavy (non-hydrogen) atoms. The zero-order chi connectivity index (χ0) is 9.07. The highest BCUT2D eigenvalue weighted by molar-refractivity contribution is 4.81. The molecule has 0 radical (unpaired) electrons. The molecular formula is C8H18N2O2. The average molecular weight is 174 g/mol. The van der Waals surface area contributed by atoms with E-state index in [1.165, 1.54) is 0 Å². The SMILES string of the molecule is NCCC=CCCCCOON. The van der Waals surface area contributed by atoms with Crippen LogP contribution in [0.5, 0.6) is 0 Å². The minimum Gasteiger partial charge on any atom is -0.330 e. The Morgan fingerprint density at radius 1 is 1.08 bits per heavy atom. The summed E-state index contributed by atoms with van der Waals surface area (Å²) in [6.45, 7) is 1.28. The van der Waals surface area contributed by atoms with Crippen molar-refractivity contribution < 1.29 is 9.88 Å². The number of rotatable bonds is 8. The highest BCUT2D eigenvalue weighted by Crippen LogP contribution is 1.97. The van der Waals surface area contributed by atoms with E-state index in [1.54, 1.807) is 0 Å². The van der Waals surface area contributed by atoms with Crippen LogP contribution in [0.4, 0.5) is 0 Å². The minimum atomic E-state index is 0.557. The monoisotopic (exact) mass is 174 g/mol. The van der Waals surface area contributed by atoms with Gasteiger partial charge < -0.3 is 5.73 Å². The molecule has 72 valence electrons. The third-order valence-corrected chi connectivity index (χ3v) is 1.42. The van der Waals surface area contributed by atoms with E-state index >= 15 is 0 Å². The Bertz CT molecular complexity index is 107. The average Bonchev–Trinajstić information content (AvgIpc) is 2.10. The first-order chi connectivity index (χ1) is 5.91. The first-order valence-electron chi connectivity index (χ1n) is 4.25. The summed E-state index contributed by atoms with van der Waals surface area (Å²) in [7, 11) is 0. The van der Waals surface area contributed by atoms with Gasteiger partial charge in [-0.2, -0.15) is 5.90 Å². The summed E-state index contributed by atoms with van der Waals surface area (Å²) in [5.41, 5.74) is 5.31. The van der Waals surface area contributed by atoms with E-state index in [2.05, 4.69) is 27.9 Å². The third-order valence-electron chi connectivity index (χ3n) is 1.42. The predicted molar refractivity (Wildman–Crippen MR) is 47.9 cm³/mol. The molecule has 0 aromatic carbocycles. The van der Waals surface area contributed by atoms with Crippen LogP contribution in [0, 0.1) is 0 Å². The Hall–Kier alpha value is -0.420. The first-order valence-corrected chi connectivity index (χ1v) is 4.25. The molecule has 0 rings (SSSR count). The Morgan fingerprint density at radius 3 is 2.50 bits per heavy atom. The van der Waals surface area contributed by atoms with Gasteiger partial charge in [-0.25, -0.2) is 4.89 Å². The lowest BCUT2D eigenvalue weighted by Crippen LogP contribution is -2.01. The Labute approximate surface area is 73.4 Å². The van der Waals surface area contributed by atoms with Crippen LogP contribution in [0.3, 0.4) is 0 Å². The molecule has 0 aromatic heterocycles. The number of unbranched alkanes of at least 4 members (excludes halogenated alkanes) is 2. The van der Waals surface area contributed by atoms with Gasteiger partial charge in [-0.05, 0) is 32.2 Å². The fourth-order valence-corrected chi connectivity index (χ4v) is 0.803. The molecule has 0 fully saturated rings. The third kappa shape index (κ3) is 9.58. The maximum Gasteiger partial charge on any atom is 0.0842 e. The molecular weight excluding hydrogens is 156 g/mol. The maximum absolute atomic E-state index is 5.31. The van der Waals surface area contributed by atoms with Gasteiger partial charge >= 0.3 is 0 Å². The van der Waals surface area contributed by atoms with E-state index in [0.29, 0.717) is 6.61 Å². The van der Waals surface area contributed by atoms with Crippen LogP contribution in [0.25, 0.3) is 0 Å². The lowest BCUT2D eigenvalue weighted by Gasteiger charge is -1.96. The van der Waals surface area contributed by atoms with E-state index in [0.717, 1.165) is 32.2 Å². The summed E-state index contributed by atoms with van der Waals surface area (Å²) in [5.74, 6) is 4.66. The second kappa shape index (κ2) is 10.6. The van der Waals surface area contributed by atoms with E-state index in [4.69, 9.17) is 5.73 Å². The summed E-state index contributed by atoms with van der Waals surface area (Å²) >= 11 is 0. The molecule has 0 saturated carbocycles. The summed E-state index contributed by atoms with van der Waals surface area (Å²) in [5, 5.41) is 0. The molecule has 4 heteroatoms. The van der Waals surface area contributed by atoms with Gasteiger partial charge in [0, 0.05) is 0 Å². The van der Waals surface area contributed by atoms with E-state index in [9.17, 15) is 0 Å². The molecule has 0 aliphatic heterocycles. The van der Waals surface area contributed by atoms with Crippen molar-refractivity contribution >= 4 is 0 Å². The summed E-state index contributed by atoms with van der Waals surface area (Å²) in [4.78, 5) is 8.45. The summed E-state index contributed by atoms with van der Waals surface area (Å²) < 4.78 is 0. The quantitative estimate of drug-likeness (QED) is 0.248. The van der Waals surface area contributed by atoms with Crippen LogP contribution in [0.15, 0.2) is 12.2 Å². The van der Waals surface area contributed by atoms with Crippen molar-refractivity contribution in [2.75, 3.05) is 13.2 Å². The summed E-state index contributed by atoms with van der Waals surface area (Å²) in [6.07, 6.45) is 8.31. The Kier molecular flexibility index (Phi) is 10.2. The molecule has 0 amide bonds. The van der Waals surface area contributed by atoms with Crippen molar-refractivity contribution in [3.63, 3.8) is 0 Å². The molecule has 0 aliphatic carbocycles. The molecule has 0 unspecified atom stereocenters. The van der Waals surface area contributed by atoms with Crippen LogP contribution >= 0.6 is 0 Å². The van der Waals surface area contributed by atoms with Gasteiger partial charge in [0.25, 0.3) is 0 Å². The Balaban J connectivity index is 2.90. The highest BCUT2D eigenvalue weighted by Gasteiger charge is 1.86. The van der Waals surface area contributed by atoms with Gasteiger partial charge in [-0.3, -0.25) is 0 Å². The first kappa shape index (κ1) is 11.6. The van der Waals surface area contributed by atoms with E-state index in [-0.39, 0.29) is 0 Å². The largest absolute Gasteiger partial charge is 0.330 e. The number of nitrogens with two attached hydrogens (primary N) is 2. The predicted octanol–water partition coefficient (Wildman–Crippen LogP) is 0.884. The Morgan fingerprint density at radius 2 is 1.83 bits per heavy atom. The fraction of sp³-hybridized carbons (Fsp3) is 0.750. The molecule has 4 N–H and O–H groups in total. The van der Waals surface area contributed by atoms with Gasteiger partial charge in [0.1, 0.15) is 0 Å². The number of hydrogen-bond donors (Lipinski definition) is 2. The highest BCUT2D eigenvalue weighted by atomic mass is 17.3. The van der Waals surface area contributed by atoms with Crippen LogP contribution in [-0.2, 0) is 9.88 Å². The normalized spacial score (nSPS) is 11.2. The molecule has 0 saturated heterocycles. The topological polar surface area (TPSA) is 70.5 Å². The van der Waals surface area contributed by atoms with Gasteiger partial charge in [0.15, 0.2) is 0 Å². The zero-order valence-electron chi connectivity index (χ0n) is 7.37. The molecule has 0 spiro atoms. The molecule has 0 heterocycles. The van der Waals surface area contributed by atoms with Crippen molar-refractivity contribution in [1.29, 1.82) is 0 Å². The van der Waals surface area contributed by atoms with Crippen LogP contribution < -0.4 is 11.6 Å². The van der Waals surface area contributed by atoms with Crippen LogP contribution in [-0.4, -0.2) is 13.2 Å². The molecule has 4 nitrogen and oxygen atoms in total.